The first kappa shape index (κ1) is 20.9. The number of esters is 1. The first-order valence-corrected chi connectivity index (χ1v) is 9.13. The number of carbonyl (C=O) groups is 2. The lowest BCUT2D eigenvalue weighted by Crippen LogP contribution is -2.17. The van der Waals surface area contributed by atoms with Crippen molar-refractivity contribution in [3.8, 4) is 17.2 Å². The van der Waals surface area contributed by atoms with Crippen molar-refractivity contribution >= 4 is 29.7 Å². The fraction of sp³-hybridized carbons (Fsp3) is 0.0455. The Morgan fingerprint density at radius 1 is 1.03 bits per heavy atom. The van der Waals surface area contributed by atoms with E-state index < -0.39 is 11.9 Å². The largest absolute Gasteiger partial charge is 0.507 e. The molecule has 0 saturated heterocycles. The van der Waals surface area contributed by atoms with Gasteiger partial charge in [-0.2, -0.15) is 5.10 Å². The second-order valence-corrected chi connectivity index (χ2v) is 6.46. The van der Waals surface area contributed by atoms with Crippen molar-refractivity contribution in [2.75, 3.05) is 7.11 Å². The molecule has 0 aliphatic rings. The molecule has 7 nitrogen and oxygen atoms in total. The van der Waals surface area contributed by atoms with Crippen LogP contribution in [0.4, 0.5) is 0 Å². The SMILES string of the molecule is COc1cc(C=NNC(=O)c2ccccc2O)ccc1OC(=O)c1ccc(Cl)cc1. The van der Waals surface area contributed by atoms with Gasteiger partial charge in [0.15, 0.2) is 11.5 Å². The molecule has 0 heterocycles. The van der Waals surface area contributed by atoms with Gasteiger partial charge in [0.25, 0.3) is 5.91 Å². The van der Waals surface area contributed by atoms with Crippen molar-refractivity contribution in [1.82, 2.24) is 5.43 Å². The summed E-state index contributed by atoms with van der Waals surface area (Å²) in [4.78, 5) is 24.3. The third kappa shape index (κ3) is 5.15. The normalized spacial score (nSPS) is 10.6. The molecule has 0 unspecified atom stereocenters. The Bertz CT molecular complexity index is 1100. The highest BCUT2D eigenvalue weighted by atomic mass is 35.5. The number of hydrazone groups is 1. The molecule has 3 rings (SSSR count). The van der Waals surface area contributed by atoms with E-state index in [9.17, 15) is 14.7 Å². The number of hydrogen-bond donors (Lipinski definition) is 2. The van der Waals surface area contributed by atoms with Crippen LogP contribution in [0.5, 0.6) is 17.2 Å². The van der Waals surface area contributed by atoms with E-state index in [1.54, 1.807) is 54.6 Å². The van der Waals surface area contributed by atoms with Crippen molar-refractivity contribution in [1.29, 1.82) is 0 Å². The Hall–Kier alpha value is -3.84. The van der Waals surface area contributed by atoms with E-state index in [1.165, 1.54) is 25.5 Å². The van der Waals surface area contributed by atoms with Gasteiger partial charge >= 0.3 is 5.97 Å². The number of ether oxygens (including phenoxy) is 2. The average Bonchev–Trinajstić information content (AvgIpc) is 2.75. The zero-order chi connectivity index (χ0) is 21.5. The maximum Gasteiger partial charge on any atom is 0.343 e. The third-order valence-corrected chi connectivity index (χ3v) is 4.25. The summed E-state index contributed by atoms with van der Waals surface area (Å²) in [5.74, 6) is -0.703. The number of nitrogens with one attached hydrogen (secondary N) is 1. The Morgan fingerprint density at radius 2 is 1.77 bits per heavy atom. The van der Waals surface area contributed by atoms with Gasteiger partial charge in [0.05, 0.1) is 24.5 Å². The highest BCUT2D eigenvalue weighted by Crippen LogP contribution is 2.28. The number of aromatic hydroxyl groups is 1. The smallest absolute Gasteiger partial charge is 0.343 e. The number of methoxy groups -OCH3 is 1. The molecule has 3 aromatic carbocycles. The summed E-state index contributed by atoms with van der Waals surface area (Å²) in [6.07, 6.45) is 1.39. The topological polar surface area (TPSA) is 97.2 Å². The first-order chi connectivity index (χ1) is 14.5. The van der Waals surface area contributed by atoms with Crippen molar-refractivity contribution < 1.29 is 24.2 Å². The van der Waals surface area contributed by atoms with Gasteiger partial charge in [0, 0.05) is 5.02 Å². The first-order valence-electron chi connectivity index (χ1n) is 8.75. The quantitative estimate of drug-likeness (QED) is 0.269. The molecule has 0 radical (unpaired) electrons. The fourth-order valence-electron chi connectivity index (χ4n) is 2.48. The number of para-hydroxylation sites is 1. The summed E-state index contributed by atoms with van der Waals surface area (Å²) >= 11 is 5.82. The molecule has 0 aromatic heterocycles. The fourth-order valence-corrected chi connectivity index (χ4v) is 2.61. The van der Waals surface area contributed by atoms with E-state index >= 15 is 0 Å². The summed E-state index contributed by atoms with van der Waals surface area (Å²) in [6.45, 7) is 0. The second kappa shape index (κ2) is 9.58. The van der Waals surface area contributed by atoms with Crippen LogP contribution in [-0.2, 0) is 0 Å². The minimum atomic E-state index is -0.554. The monoisotopic (exact) mass is 424 g/mol. The minimum absolute atomic E-state index is 0.108. The molecule has 0 spiro atoms. The number of benzene rings is 3. The van der Waals surface area contributed by atoms with Crippen molar-refractivity contribution in [2.24, 2.45) is 5.10 Å². The van der Waals surface area contributed by atoms with E-state index in [1.807, 2.05) is 0 Å². The molecule has 0 bridgehead atoms. The van der Waals surface area contributed by atoms with Crippen molar-refractivity contribution in [3.05, 3.63) is 88.4 Å². The second-order valence-electron chi connectivity index (χ2n) is 6.02. The number of nitrogens with zero attached hydrogens (tertiary/aromatic N) is 1. The van der Waals surface area contributed by atoms with Crippen LogP contribution in [0.25, 0.3) is 0 Å². The van der Waals surface area contributed by atoms with Crippen molar-refractivity contribution in [3.63, 3.8) is 0 Å². The Balaban J connectivity index is 1.68. The summed E-state index contributed by atoms with van der Waals surface area (Å²) in [5, 5.41) is 14.1. The van der Waals surface area contributed by atoms with Gasteiger partial charge in [-0.1, -0.05) is 23.7 Å². The molecule has 0 saturated carbocycles. The number of halogens is 1. The number of phenolic OH excluding ortho intramolecular Hbond substituents is 1. The third-order valence-electron chi connectivity index (χ3n) is 4.00. The van der Waals surface area contributed by atoms with Gasteiger partial charge in [0.1, 0.15) is 5.75 Å². The Kier molecular flexibility index (Phi) is 6.67. The highest BCUT2D eigenvalue weighted by Gasteiger charge is 2.13. The lowest BCUT2D eigenvalue weighted by molar-refractivity contribution is 0.0729. The predicted octanol–water partition coefficient (Wildman–Crippen LogP) is 4.04. The molecule has 0 aliphatic carbocycles. The van der Waals surface area contributed by atoms with Crippen LogP contribution in [0.15, 0.2) is 71.8 Å². The number of amides is 1. The van der Waals surface area contributed by atoms with Gasteiger partial charge in [0.2, 0.25) is 0 Å². The number of hydrogen-bond acceptors (Lipinski definition) is 6. The van der Waals surface area contributed by atoms with Crippen LogP contribution in [0.2, 0.25) is 5.02 Å². The lowest BCUT2D eigenvalue weighted by Gasteiger charge is -2.10. The van der Waals surface area contributed by atoms with E-state index in [0.29, 0.717) is 21.9 Å². The molecule has 0 fully saturated rings. The Labute approximate surface area is 177 Å². The number of phenols is 1. The van der Waals surface area contributed by atoms with Gasteiger partial charge in [-0.3, -0.25) is 4.79 Å². The number of rotatable bonds is 6. The molecular formula is C22H17ClN2O5. The lowest BCUT2D eigenvalue weighted by atomic mass is 10.2. The molecule has 0 atom stereocenters. The molecular weight excluding hydrogens is 408 g/mol. The van der Waals surface area contributed by atoms with E-state index in [4.69, 9.17) is 21.1 Å². The summed E-state index contributed by atoms with van der Waals surface area (Å²) in [6, 6.07) is 17.2. The average molecular weight is 425 g/mol. The zero-order valence-electron chi connectivity index (χ0n) is 15.8. The summed E-state index contributed by atoms with van der Waals surface area (Å²) in [7, 11) is 1.44. The Morgan fingerprint density at radius 3 is 2.47 bits per heavy atom. The molecule has 2 N–H and O–H groups in total. The maximum atomic E-state index is 12.3. The maximum absolute atomic E-state index is 12.3. The molecule has 1 amide bonds. The zero-order valence-corrected chi connectivity index (χ0v) is 16.6. The molecule has 3 aromatic rings. The molecule has 8 heteroatoms. The van der Waals surface area contributed by atoms with Gasteiger partial charge in [-0.25, -0.2) is 10.2 Å². The number of carbonyl (C=O) groups excluding carboxylic acids is 2. The molecule has 30 heavy (non-hydrogen) atoms. The van der Waals surface area contributed by atoms with Crippen LogP contribution < -0.4 is 14.9 Å². The highest BCUT2D eigenvalue weighted by molar-refractivity contribution is 6.30. The van der Waals surface area contributed by atoms with Gasteiger partial charge in [-0.05, 0) is 60.2 Å². The predicted molar refractivity (Wildman–Crippen MR) is 113 cm³/mol. The van der Waals surface area contributed by atoms with Crippen LogP contribution in [0, 0.1) is 0 Å². The summed E-state index contributed by atoms with van der Waals surface area (Å²) in [5.41, 5.74) is 3.38. The van der Waals surface area contributed by atoms with E-state index in [0.717, 1.165) is 0 Å². The standard InChI is InChI=1S/C22H17ClN2O5/c1-29-20-12-14(13-24-25-21(27)17-4-2-3-5-18(17)26)6-11-19(20)30-22(28)15-7-9-16(23)10-8-15/h2-13,26H,1H3,(H,25,27). The van der Waals surface area contributed by atoms with Crippen LogP contribution in [0.3, 0.4) is 0 Å². The van der Waals surface area contributed by atoms with Crippen molar-refractivity contribution in [2.45, 2.75) is 0 Å². The summed E-state index contributed by atoms with van der Waals surface area (Å²) < 4.78 is 10.7. The van der Waals surface area contributed by atoms with E-state index in [2.05, 4.69) is 10.5 Å². The van der Waals surface area contributed by atoms with Gasteiger partial charge in [-0.15, -0.1) is 0 Å². The van der Waals surface area contributed by atoms with Crippen LogP contribution >= 0.6 is 11.6 Å². The van der Waals surface area contributed by atoms with Crippen LogP contribution in [-0.4, -0.2) is 30.3 Å². The molecule has 152 valence electrons. The van der Waals surface area contributed by atoms with Crippen LogP contribution in [0.1, 0.15) is 26.3 Å². The van der Waals surface area contributed by atoms with E-state index in [-0.39, 0.29) is 17.1 Å². The minimum Gasteiger partial charge on any atom is -0.507 e. The molecule has 0 aliphatic heterocycles. The van der Waals surface area contributed by atoms with Gasteiger partial charge < -0.3 is 14.6 Å².